The second kappa shape index (κ2) is 6.27. The summed E-state index contributed by atoms with van der Waals surface area (Å²) in [6, 6.07) is 8.02. The SMILES string of the molecule is CCc1noc(CN2Cc3ccccc3C[C@@H]2C(=O)NC)n1. The largest absolute Gasteiger partial charge is 0.358 e. The van der Waals surface area contributed by atoms with Gasteiger partial charge in [0.2, 0.25) is 11.8 Å². The molecular formula is C16H20N4O2. The first-order chi connectivity index (χ1) is 10.7. The molecule has 1 aromatic heterocycles. The van der Waals surface area contributed by atoms with E-state index in [0.29, 0.717) is 31.2 Å². The predicted molar refractivity (Wildman–Crippen MR) is 80.9 cm³/mol. The molecule has 6 nitrogen and oxygen atoms in total. The number of hydrogen-bond acceptors (Lipinski definition) is 5. The number of fused-ring (bicyclic) bond motifs is 1. The Morgan fingerprint density at radius 3 is 2.86 bits per heavy atom. The van der Waals surface area contributed by atoms with Gasteiger partial charge in [0.1, 0.15) is 0 Å². The van der Waals surface area contributed by atoms with Crippen molar-refractivity contribution < 1.29 is 9.32 Å². The Balaban J connectivity index is 1.84. The van der Waals surface area contributed by atoms with Gasteiger partial charge >= 0.3 is 0 Å². The highest BCUT2D eigenvalue weighted by atomic mass is 16.5. The Bertz CT molecular complexity index is 668. The molecule has 116 valence electrons. The molecule has 0 radical (unpaired) electrons. The van der Waals surface area contributed by atoms with Crippen LogP contribution in [0.1, 0.15) is 29.8 Å². The van der Waals surface area contributed by atoms with E-state index in [2.05, 4.69) is 32.5 Å². The molecule has 0 unspecified atom stereocenters. The third-order valence-corrected chi connectivity index (χ3v) is 4.06. The molecule has 0 spiro atoms. The first-order valence-electron chi connectivity index (χ1n) is 7.55. The van der Waals surface area contributed by atoms with Crippen LogP contribution in [-0.2, 0) is 30.7 Å². The predicted octanol–water partition coefficient (Wildman–Crippen LogP) is 1.30. The maximum absolute atomic E-state index is 12.2. The molecule has 1 aromatic carbocycles. The monoisotopic (exact) mass is 300 g/mol. The molecule has 0 saturated heterocycles. The molecule has 1 aliphatic heterocycles. The highest BCUT2D eigenvalue weighted by molar-refractivity contribution is 5.82. The van der Waals surface area contributed by atoms with E-state index >= 15 is 0 Å². The highest BCUT2D eigenvalue weighted by Crippen LogP contribution is 2.24. The lowest BCUT2D eigenvalue weighted by Crippen LogP contribution is -2.49. The van der Waals surface area contributed by atoms with Crippen LogP contribution in [-0.4, -0.2) is 34.0 Å². The summed E-state index contributed by atoms with van der Waals surface area (Å²) in [7, 11) is 1.67. The van der Waals surface area contributed by atoms with E-state index in [9.17, 15) is 4.79 Å². The summed E-state index contributed by atoms with van der Waals surface area (Å²) in [5.41, 5.74) is 2.48. The van der Waals surface area contributed by atoms with Crippen molar-refractivity contribution >= 4 is 5.91 Å². The van der Waals surface area contributed by atoms with Crippen LogP contribution in [0.5, 0.6) is 0 Å². The second-order valence-corrected chi connectivity index (χ2v) is 5.47. The van der Waals surface area contributed by atoms with Gasteiger partial charge in [0.15, 0.2) is 5.82 Å². The highest BCUT2D eigenvalue weighted by Gasteiger charge is 2.31. The minimum atomic E-state index is -0.211. The molecule has 0 bridgehead atoms. The molecule has 6 heteroatoms. The number of benzene rings is 1. The van der Waals surface area contributed by atoms with Gasteiger partial charge < -0.3 is 9.84 Å². The third kappa shape index (κ3) is 2.87. The van der Waals surface area contributed by atoms with Crippen LogP contribution >= 0.6 is 0 Å². The summed E-state index contributed by atoms with van der Waals surface area (Å²) in [6.45, 7) is 3.18. The van der Waals surface area contributed by atoms with Gasteiger partial charge in [-0.3, -0.25) is 9.69 Å². The summed E-state index contributed by atoms with van der Waals surface area (Å²) in [6.07, 6.45) is 1.44. The zero-order chi connectivity index (χ0) is 15.5. The summed E-state index contributed by atoms with van der Waals surface area (Å²) in [4.78, 5) is 18.7. The lowest BCUT2D eigenvalue weighted by Gasteiger charge is -2.34. The number of likely N-dealkylation sites (N-methyl/N-ethyl adjacent to an activating group) is 1. The number of aromatic nitrogens is 2. The van der Waals surface area contributed by atoms with E-state index in [-0.39, 0.29) is 11.9 Å². The van der Waals surface area contributed by atoms with E-state index in [1.165, 1.54) is 11.1 Å². The van der Waals surface area contributed by atoms with E-state index in [1.54, 1.807) is 7.05 Å². The molecule has 1 atom stereocenters. The van der Waals surface area contributed by atoms with Crippen LogP contribution < -0.4 is 5.32 Å². The zero-order valence-electron chi connectivity index (χ0n) is 12.9. The molecule has 1 aliphatic rings. The van der Waals surface area contributed by atoms with E-state index < -0.39 is 0 Å². The van der Waals surface area contributed by atoms with Crippen LogP contribution in [0.3, 0.4) is 0 Å². The number of nitrogens with zero attached hydrogens (tertiary/aromatic N) is 3. The Labute approximate surface area is 129 Å². The molecule has 0 aliphatic carbocycles. The van der Waals surface area contributed by atoms with Crippen molar-refractivity contribution in [2.24, 2.45) is 0 Å². The Hall–Kier alpha value is -2.21. The normalized spacial score (nSPS) is 18.0. The van der Waals surface area contributed by atoms with Crippen molar-refractivity contribution in [1.82, 2.24) is 20.4 Å². The average molecular weight is 300 g/mol. The van der Waals surface area contributed by atoms with E-state index in [4.69, 9.17) is 4.52 Å². The van der Waals surface area contributed by atoms with Gasteiger partial charge in [-0.1, -0.05) is 36.3 Å². The maximum atomic E-state index is 12.2. The van der Waals surface area contributed by atoms with Crippen molar-refractivity contribution in [3.05, 3.63) is 47.1 Å². The molecule has 1 N–H and O–H groups in total. The summed E-state index contributed by atoms with van der Waals surface area (Å²) in [5.74, 6) is 1.28. The van der Waals surface area contributed by atoms with Crippen LogP contribution in [0.25, 0.3) is 0 Å². The van der Waals surface area contributed by atoms with Gasteiger partial charge in [-0.15, -0.1) is 0 Å². The third-order valence-electron chi connectivity index (χ3n) is 4.06. The molecule has 2 aromatic rings. The topological polar surface area (TPSA) is 71.3 Å². The summed E-state index contributed by atoms with van der Waals surface area (Å²) >= 11 is 0. The quantitative estimate of drug-likeness (QED) is 0.921. The fourth-order valence-corrected chi connectivity index (χ4v) is 2.84. The summed E-state index contributed by atoms with van der Waals surface area (Å²) in [5, 5.41) is 6.67. The number of amides is 1. The maximum Gasteiger partial charge on any atom is 0.240 e. The number of rotatable bonds is 4. The van der Waals surface area contributed by atoms with Crippen LogP contribution in [0.15, 0.2) is 28.8 Å². The van der Waals surface area contributed by atoms with Crippen molar-refractivity contribution in [2.75, 3.05) is 7.05 Å². The van der Waals surface area contributed by atoms with Gasteiger partial charge in [-0.05, 0) is 17.5 Å². The molecule has 0 saturated carbocycles. The van der Waals surface area contributed by atoms with E-state index in [0.717, 1.165) is 6.42 Å². The Morgan fingerprint density at radius 1 is 1.41 bits per heavy atom. The number of hydrogen-bond donors (Lipinski definition) is 1. The van der Waals surface area contributed by atoms with Gasteiger partial charge in [0.25, 0.3) is 0 Å². The van der Waals surface area contributed by atoms with E-state index in [1.807, 2.05) is 19.1 Å². The fourth-order valence-electron chi connectivity index (χ4n) is 2.84. The lowest BCUT2D eigenvalue weighted by molar-refractivity contribution is -0.126. The van der Waals surface area contributed by atoms with Gasteiger partial charge in [-0.25, -0.2) is 0 Å². The molecule has 22 heavy (non-hydrogen) atoms. The zero-order valence-corrected chi connectivity index (χ0v) is 12.9. The average Bonchev–Trinajstić information content (AvgIpc) is 3.01. The Morgan fingerprint density at radius 2 is 2.18 bits per heavy atom. The molecule has 1 amide bonds. The van der Waals surface area contributed by atoms with Crippen molar-refractivity contribution in [3.8, 4) is 0 Å². The lowest BCUT2D eigenvalue weighted by atomic mass is 9.93. The summed E-state index contributed by atoms with van der Waals surface area (Å²) < 4.78 is 5.27. The van der Waals surface area contributed by atoms with Gasteiger partial charge in [-0.2, -0.15) is 4.98 Å². The Kier molecular flexibility index (Phi) is 4.20. The molecule has 2 heterocycles. The molecular weight excluding hydrogens is 280 g/mol. The second-order valence-electron chi connectivity index (χ2n) is 5.47. The smallest absolute Gasteiger partial charge is 0.240 e. The van der Waals surface area contributed by atoms with Gasteiger partial charge in [0, 0.05) is 20.0 Å². The number of nitrogens with one attached hydrogen (secondary N) is 1. The minimum Gasteiger partial charge on any atom is -0.358 e. The first-order valence-corrected chi connectivity index (χ1v) is 7.55. The molecule has 0 fully saturated rings. The van der Waals surface area contributed by atoms with Crippen molar-refractivity contribution in [3.63, 3.8) is 0 Å². The standard InChI is InChI=1S/C16H20N4O2/c1-3-14-18-15(22-19-14)10-20-9-12-7-5-4-6-11(12)8-13(20)16(21)17-2/h4-7,13H,3,8-10H2,1-2H3,(H,17,21)/t13-/m1/s1. The minimum absolute atomic E-state index is 0.0183. The van der Waals surface area contributed by atoms with Crippen molar-refractivity contribution in [1.29, 1.82) is 0 Å². The van der Waals surface area contributed by atoms with Crippen LogP contribution in [0.4, 0.5) is 0 Å². The molecule has 3 rings (SSSR count). The fraction of sp³-hybridized carbons (Fsp3) is 0.438. The number of aryl methyl sites for hydroxylation is 1. The van der Waals surface area contributed by atoms with Crippen molar-refractivity contribution in [2.45, 2.75) is 38.9 Å². The first kappa shape index (κ1) is 14.7. The number of carbonyl (C=O) groups is 1. The number of carbonyl (C=O) groups excluding carboxylic acids is 1. The van der Waals surface area contributed by atoms with Crippen LogP contribution in [0, 0.1) is 0 Å². The van der Waals surface area contributed by atoms with Gasteiger partial charge in [0.05, 0.1) is 12.6 Å². The van der Waals surface area contributed by atoms with Crippen LogP contribution in [0.2, 0.25) is 0 Å².